The number of rotatable bonds is 5. The molecule has 88 valence electrons. The number of methoxy groups -OCH3 is 1. The molecule has 1 aliphatic heterocycles. The second kappa shape index (κ2) is 6.02. The highest BCUT2D eigenvalue weighted by atomic mass is 16.5. The summed E-state index contributed by atoms with van der Waals surface area (Å²) in [5.74, 6) is -0.110. The Morgan fingerprint density at radius 2 is 2.07 bits per heavy atom. The van der Waals surface area contributed by atoms with E-state index in [0.717, 1.165) is 0 Å². The molecule has 0 aliphatic carbocycles. The molecule has 0 bridgehead atoms. The van der Waals surface area contributed by atoms with Gasteiger partial charge < -0.3 is 25.2 Å². The number of likely N-dealkylation sites (tertiary alicyclic amines) is 1. The zero-order chi connectivity index (χ0) is 11.3. The molecule has 6 heteroatoms. The van der Waals surface area contributed by atoms with Crippen molar-refractivity contribution in [2.24, 2.45) is 0 Å². The maximum Gasteiger partial charge on any atom is 0.236 e. The first kappa shape index (κ1) is 12.4. The van der Waals surface area contributed by atoms with Gasteiger partial charge in [-0.15, -0.1) is 0 Å². The molecule has 1 fully saturated rings. The van der Waals surface area contributed by atoms with Crippen LogP contribution in [-0.4, -0.2) is 73.1 Å². The van der Waals surface area contributed by atoms with Crippen molar-refractivity contribution in [3.63, 3.8) is 0 Å². The maximum absolute atomic E-state index is 11.5. The molecule has 3 N–H and O–H groups in total. The summed E-state index contributed by atoms with van der Waals surface area (Å²) in [7, 11) is 1.59. The van der Waals surface area contributed by atoms with Crippen LogP contribution in [0.2, 0.25) is 0 Å². The topological polar surface area (TPSA) is 82.0 Å². The number of aliphatic hydroxyl groups excluding tert-OH is 2. The van der Waals surface area contributed by atoms with Gasteiger partial charge in [0, 0.05) is 26.7 Å². The Labute approximate surface area is 88.8 Å². The van der Waals surface area contributed by atoms with E-state index in [1.807, 2.05) is 0 Å². The van der Waals surface area contributed by atoms with Gasteiger partial charge in [0.25, 0.3) is 0 Å². The molecule has 0 spiro atoms. The molecule has 1 aliphatic rings. The summed E-state index contributed by atoms with van der Waals surface area (Å²) in [5, 5.41) is 21.4. The molecule has 0 aromatic carbocycles. The first-order valence-electron chi connectivity index (χ1n) is 4.98. The number of β-amino-alcohol motifs (C(OH)–C–C–N with tert-alkyl or cyclic N) is 2. The van der Waals surface area contributed by atoms with Gasteiger partial charge in [0.15, 0.2) is 0 Å². The largest absolute Gasteiger partial charge is 0.388 e. The summed E-state index contributed by atoms with van der Waals surface area (Å²) >= 11 is 0. The lowest BCUT2D eigenvalue weighted by Crippen LogP contribution is -2.38. The number of ether oxygens (including phenoxy) is 1. The second-order valence-electron chi connectivity index (χ2n) is 3.60. The van der Waals surface area contributed by atoms with Gasteiger partial charge >= 0.3 is 0 Å². The van der Waals surface area contributed by atoms with Crippen molar-refractivity contribution in [3.8, 4) is 0 Å². The highest BCUT2D eigenvalue weighted by Crippen LogP contribution is 2.09. The van der Waals surface area contributed by atoms with Crippen LogP contribution in [0.3, 0.4) is 0 Å². The lowest BCUT2D eigenvalue weighted by molar-refractivity contribution is -0.129. The Kier molecular flexibility index (Phi) is 4.97. The monoisotopic (exact) mass is 218 g/mol. The summed E-state index contributed by atoms with van der Waals surface area (Å²) in [5.41, 5.74) is 0. The van der Waals surface area contributed by atoms with Crippen molar-refractivity contribution in [2.45, 2.75) is 12.2 Å². The van der Waals surface area contributed by atoms with Gasteiger partial charge in [0.05, 0.1) is 25.4 Å². The van der Waals surface area contributed by atoms with Gasteiger partial charge in [-0.1, -0.05) is 0 Å². The second-order valence-corrected chi connectivity index (χ2v) is 3.60. The summed E-state index contributed by atoms with van der Waals surface area (Å²) in [6.45, 7) is 1.81. The van der Waals surface area contributed by atoms with Crippen LogP contribution in [0.5, 0.6) is 0 Å². The molecule has 0 aromatic rings. The summed E-state index contributed by atoms with van der Waals surface area (Å²) in [6.07, 6.45) is -1.62. The SMILES string of the molecule is COCCNCC(=O)N1CC(O)C(O)C1. The molecule has 2 unspecified atom stereocenters. The van der Waals surface area contributed by atoms with Crippen LogP contribution >= 0.6 is 0 Å². The van der Waals surface area contributed by atoms with Crippen LogP contribution in [0.25, 0.3) is 0 Å². The third-order valence-corrected chi connectivity index (χ3v) is 2.37. The molecule has 2 atom stereocenters. The number of hydrogen-bond acceptors (Lipinski definition) is 5. The van der Waals surface area contributed by atoms with Gasteiger partial charge in [-0.25, -0.2) is 0 Å². The van der Waals surface area contributed by atoms with E-state index in [4.69, 9.17) is 4.74 Å². The number of nitrogens with one attached hydrogen (secondary N) is 1. The van der Waals surface area contributed by atoms with Gasteiger partial charge in [0.1, 0.15) is 0 Å². The third kappa shape index (κ3) is 3.75. The number of amides is 1. The Bertz CT molecular complexity index is 202. The molecule has 15 heavy (non-hydrogen) atoms. The fraction of sp³-hybridized carbons (Fsp3) is 0.889. The number of nitrogens with zero attached hydrogens (tertiary/aromatic N) is 1. The zero-order valence-corrected chi connectivity index (χ0v) is 8.85. The summed E-state index contributed by atoms with van der Waals surface area (Å²) in [6, 6.07) is 0. The van der Waals surface area contributed by atoms with E-state index >= 15 is 0 Å². The Morgan fingerprint density at radius 3 is 2.60 bits per heavy atom. The van der Waals surface area contributed by atoms with Crippen molar-refractivity contribution in [1.29, 1.82) is 0 Å². The normalized spacial score (nSPS) is 25.9. The lowest BCUT2D eigenvalue weighted by Gasteiger charge is -2.15. The first-order valence-corrected chi connectivity index (χ1v) is 4.98. The van der Waals surface area contributed by atoms with Crippen molar-refractivity contribution >= 4 is 5.91 Å². The average molecular weight is 218 g/mol. The molecule has 1 saturated heterocycles. The summed E-state index contributed by atoms with van der Waals surface area (Å²) < 4.78 is 4.82. The van der Waals surface area contributed by atoms with Crippen LogP contribution in [-0.2, 0) is 9.53 Å². The fourth-order valence-corrected chi connectivity index (χ4v) is 1.45. The highest BCUT2D eigenvalue weighted by molar-refractivity contribution is 5.78. The minimum atomic E-state index is -0.812. The van der Waals surface area contributed by atoms with Crippen molar-refractivity contribution < 1.29 is 19.7 Å². The molecule has 1 heterocycles. The van der Waals surface area contributed by atoms with Gasteiger partial charge in [-0.2, -0.15) is 0 Å². The van der Waals surface area contributed by atoms with E-state index < -0.39 is 12.2 Å². The maximum atomic E-state index is 11.5. The average Bonchev–Trinajstić information content (AvgIpc) is 2.54. The molecule has 0 saturated carbocycles. The standard InChI is InChI=1S/C9H18N2O4/c1-15-3-2-10-4-9(14)11-5-7(12)8(13)6-11/h7-8,10,12-13H,2-6H2,1H3. The predicted octanol–water partition coefficient (Wildman–Crippen LogP) is -2.21. The smallest absolute Gasteiger partial charge is 0.236 e. The Balaban J connectivity index is 2.18. The molecular weight excluding hydrogens is 200 g/mol. The molecule has 1 amide bonds. The van der Waals surface area contributed by atoms with Crippen molar-refractivity contribution in [1.82, 2.24) is 10.2 Å². The quantitative estimate of drug-likeness (QED) is 0.456. The van der Waals surface area contributed by atoms with Crippen LogP contribution in [0.1, 0.15) is 0 Å². The fourth-order valence-electron chi connectivity index (χ4n) is 1.45. The van der Waals surface area contributed by atoms with Crippen molar-refractivity contribution in [2.75, 3.05) is 39.9 Å². The zero-order valence-electron chi connectivity index (χ0n) is 8.85. The van der Waals surface area contributed by atoms with Crippen LogP contribution in [0.15, 0.2) is 0 Å². The first-order chi connectivity index (χ1) is 7.15. The number of carbonyl (C=O) groups is 1. The van der Waals surface area contributed by atoms with E-state index in [-0.39, 0.29) is 25.5 Å². The van der Waals surface area contributed by atoms with Gasteiger partial charge in [0.2, 0.25) is 5.91 Å². The van der Waals surface area contributed by atoms with Gasteiger partial charge in [-0.3, -0.25) is 4.79 Å². The highest BCUT2D eigenvalue weighted by Gasteiger charge is 2.31. The van der Waals surface area contributed by atoms with Crippen LogP contribution in [0, 0.1) is 0 Å². The van der Waals surface area contributed by atoms with Crippen LogP contribution in [0.4, 0.5) is 0 Å². The van der Waals surface area contributed by atoms with Gasteiger partial charge in [-0.05, 0) is 0 Å². The van der Waals surface area contributed by atoms with E-state index in [2.05, 4.69) is 5.32 Å². The van der Waals surface area contributed by atoms with Crippen LogP contribution < -0.4 is 5.32 Å². The minimum absolute atomic E-state index is 0.110. The number of aliphatic hydroxyl groups is 2. The van der Waals surface area contributed by atoms with E-state index in [1.165, 1.54) is 4.90 Å². The molecule has 0 aromatic heterocycles. The lowest BCUT2D eigenvalue weighted by atomic mass is 10.3. The number of hydrogen-bond donors (Lipinski definition) is 3. The Morgan fingerprint density at radius 1 is 1.47 bits per heavy atom. The van der Waals surface area contributed by atoms with E-state index in [9.17, 15) is 15.0 Å². The van der Waals surface area contributed by atoms with E-state index in [1.54, 1.807) is 7.11 Å². The minimum Gasteiger partial charge on any atom is -0.388 e. The predicted molar refractivity (Wildman–Crippen MR) is 53.3 cm³/mol. The van der Waals surface area contributed by atoms with E-state index in [0.29, 0.717) is 13.2 Å². The Hall–Kier alpha value is -0.690. The molecule has 0 radical (unpaired) electrons. The summed E-state index contributed by atoms with van der Waals surface area (Å²) in [4.78, 5) is 13.0. The third-order valence-electron chi connectivity index (χ3n) is 2.37. The molecule has 6 nitrogen and oxygen atoms in total. The molecular formula is C9H18N2O4. The molecule has 1 rings (SSSR count). The van der Waals surface area contributed by atoms with Crippen molar-refractivity contribution in [3.05, 3.63) is 0 Å². The number of carbonyl (C=O) groups excluding carboxylic acids is 1.